The Kier molecular flexibility index (Phi) is 3.79. The van der Waals surface area contributed by atoms with Gasteiger partial charge in [0.2, 0.25) is 0 Å². The van der Waals surface area contributed by atoms with Crippen molar-refractivity contribution in [2.24, 2.45) is 0 Å². The molecule has 20 heavy (non-hydrogen) atoms. The minimum absolute atomic E-state index is 0.0134. The quantitative estimate of drug-likeness (QED) is 0.595. The number of hydrogen-bond donors (Lipinski definition) is 3. The number of benzene rings is 2. The SMILES string of the molecule is COc1cc(F)c(/C=C/c2cc(O)ccc2O)cc1O. The zero-order valence-electron chi connectivity index (χ0n) is 10.7. The van der Waals surface area contributed by atoms with Crippen molar-refractivity contribution in [3.8, 4) is 23.0 Å². The van der Waals surface area contributed by atoms with E-state index in [1.807, 2.05) is 0 Å². The number of methoxy groups -OCH3 is 1. The second-order valence-corrected chi connectivity index (χ2v) is 4.12. The lowest BCUT2D eigenvalue weighted by Gasteiger charge is -2.05. The molecule has 0 aliphatic rings. The number of halogens is 1. The fourth-order valence-corrected chi connectivity index (χ4v) is 1.71. The highest BCUT2D eigenvalue weighted by Gasteiger charge is 2.08. The van der Waals surface area contributed by atoms with Gasteiger partial charge in [0.15, 0.2) is 11.5 Å². The summed E-state index contributed by atoms with van der Waals surface area (Å²) in [6, 6.07) is 6.29. The van der Waals surface area contributed by atoms with Gasteiger partial charge in [-0.1, -0.05) is 12.2 Å². The molecule has 0 radical (unpaired) electrons. The molecule has 0 atom stereocenters. The monoisotopic (exact) mass is 276 g/mol. The van der Waals surface area contributed by atoms with Crippen LogP contribution in [0.15, 0.2) is 30.3 Å². The van der Waals surface area contributed by atoms with Crippen molar-refractivity contribution in [3.05, 3.63) is 47.3 Å². The Balaban J connectivity index is 2.36. The largest absolute Gasteiger partial charge is 0.508 e. The van der Waals surface area contributed by atoms with Gasteiger partial charge in [0.25, 0.3) is 0 Å². The molecule has 0 aromatic heterocycles. The summed E-state index contributed by atoms with van der Waals surface area (Å²) in [7, 11) is 1.33. The summed E-state index contributed by atoms with van der Waals surface area (Å²) in [6.45, 7) is 0. The molecular weight excluding hydrogens is 263 g/mol. The Morgan fingerprint density at radius 3 is 2.35 bits per heavy atom. The molecule has 2 aromatic rings. The van der Waals surface area contributed by atoms with Gasteiger partial charge < -0.3 is 20.1 Å². The van der Waals surface area contributed by atoms with Crippen LogP contribution in [0.3, 0.4) is 0 Å². The molecule has 2 aromatic carbocycles. The Bertz CT molecular complexity index is 665. The molecule has 0 saturated heterocycles. The van der Waals surface area contributed by atoms with Gasteiger partial charge in [-0.3, -0.25) is 0 Å². The predicted molar refractivity (Wildman–Crippen MR) is 73.3 cm³/mol. The fourth-order valence-electron chi connectivity index (χ4n) is 1.71. The molecule has 0 bridgehead atoms. The lowest BCUT2D eigenvalue weighted by atomic mass is 10.1. The molecule has 0 fully saturated rings. The molecule has 4 nitrogen and oxygen atoms in total. The number of phenols is 3. The van der Waals surface area contributed by atoms with Gasteiger partial charge >= 0.3 is 0 Å². The van der Waals surface area contributed by atoms with Gasteiger partial charge in [-0.2, -0.15) is 0 Å². The minimum atomic E-state index is -0.574. The third kappa shape index (κ3) is 2.83. The van der Waals surface area contributed by atoms with Crippen LogP contribution in [0.2, 0.25) is 0 Å². The Labute approximate surface area is 115 Å². The Morgan fingerprint density at radius 2 is 1.65 bits per heavy atom. The van der Waals surface area contributed by atoms with E-state index in [9.17, 15) is 19.7 Å². The second kappa shape index (κ2) is 5.52. The van der Waals surface area contributed by atoms with Crippen molar-refractivity contribution < 1.29 is 24.4 Å². The molecule has 3 N–H and O–H groups in total. The number of rotatable bonds is 3. The standard InChI is InChI=1S/C15H13FO4/c1-20-15-8-12(16)9(7-14(15)19)2-3-10-6-11(17)4-5-13(10)18/h2-8,17-19H,1H3/b3-2+. The van der Waals surface area contributed by atoms with Crippen molar-refractivity contribution in [2.45, 2.75) is 0 Å². The maximum absolute atomic E-state index is 13.7. The lowest BCUT2D eigenvalue weighted by Crippen LogP contribution is -1.88. The maximum atomic E-state index is 13.7. The highest BCUT2D eigenvalue weighted by Crippen LogP contribution is 2.30. The first-order valence-corrected chi connectivity index (χ1v) is 5.78. The third-order valence-electron chi connectivity index (χ3n) is 2.75. The summed E-state index contributed by atoms with van der Waals surface area (Å²) < 4.78 is 18.5. The van der Waals surface area contributed by atoms with E-state index in [0.717, 1.165) is 6.07 Å². The predicted octanol–water partition coefficient (Wildman–Crippen LogP) is 3.12. The van der Waals surface area contributed by atoms with Crippen LogP contribution in [0.4, 0.5) is 4.39 Å². The summed E-state index contributed by atoms with van der Waals surface area (Å²) >= 11 is 0. The van der Waals surface area contributed by atoms with Crippen LogP contribution in [-0.4, -0.2) is 22.4 Å². The molecule has 0 aliphatic carbocycles. The first-order valence-electron chi connectivity index (χ1n) is 5.78. The molecule has 0 saturated carbocycles. The zero-order chi connectivity index (χ0) is 14.7. The van der Waals surface area contributed by atoms with Crippen LogP contribution in [0.25, 0.3) is 12.2 Å². The lowest BCUT2D eigenvalue weighted by molar-refractivity contribution is 0.370. The third-order valence-corrected chi connectivity index (χ3v) is 2.75. The molecule has 0 unspecified atom stereocenters. The molecule has 0 heterocycles. The van der Waals surface area contributed by atoms with Crippen molar-refractivity contribution in [1.82, 2.24) is 0 Å². The van der Waals surface area contributed by atoms with Crippen molar-refractivity contribution >= 4 is 12.2 Å². The van der Waals surface area contributed by atoms with E-state index in [4.69, 9.17) is 4.74 Å². The molecule has 0 amide bonds. The van der Waals surface area contributed by atoms with Gasteiger partial charge in [-0.15, -0.1) is 0 Å². The fraction of sp³-hybridized carbons (Fsp3) is 0.0667. The van der Waals surface area contributed by atoms with Gasteiger partial charge in [-0.05, 0) is 24.3 Å². The average Bonchev–Trinajstić information content (AvgIpc) is 2.42. The zero-order valence-corrected chi connectivity index (χ0v) is 10.7. The second-order valence-electron chi connectivity index (χ2n) is 4.12. The Hall–Kier alpha value is -2.69. The van der Waals surface area contributed by atoms with Crippen LogP contribution >= 0.6 is 0 Å². The van der Waals surface area contributed by atoms with E-state index < -0.39 is 5.82 Å². The van der Waals surface area contributed by atoms with E-state index in [0.29, 0.717) is 5.56 Å². The van der Waals surface area contributed by atoms with Crippen LogP contribution < -0.4 is 4.74 Å². The normalized spacial score (nSPS) is 10.9. The number of ether oxygens (including phenoxy) is 1. The molecule has 104 valence electrons. The van der Waals surface area contributed by atoms with Crippen LogP contribution in [0, 0.1) is 5.82 Å². The number of hydrogen-bond acceptors (Lipinski definition) is 4. The first kappa shape index (κ1) is 13.7. The average molecular weight is 276 g/mol. The van der Waals surface area contributed by atoms with E-state index in [2.05, 4.69) is 0 Å². The van der Waals surface area contributed by atoms with Gasteiger partial charge in [0, 0.05) is 17.2 Å². The topological polar surface area (TPSA) is 69.9 Å². The van der Waals surface area contributed by atoms with Crippen LogP contribution in [0.5, 0.6) is 23.0 Å². The maximum Gasteiger partial charge on any atom is 0.163 e. The summed E-state index contributed by atoms with van der Waals surface area (Å²) in [5, 5.41) is 28.5. The molecule has 0 aliphatic heterocycles. The first-order chi connectivity index (χ1) is 9.51. The summed E-state index contributed by atoms with van der Waals surface area (Å²) in [6.07, 6.45) is 2.81. The van der Waals surface area contributed by atoms with Crippen molar-refractivity contribution in [1.29, 1.82) is 0 Å². The van der Waals surface area contributed by atoms with Gasteiger partial charge in [0.1, 0.15) is 17.3 Å². The minimum Gasteiger partial charge on any atom is -0.508 e. The van der Waals surface area contributed by atoms with E-state index in [-0.39, 0.29) is 28.6 Å². The van der Waals surface area contributed by atoms with E-state index in [1.54, 1.807) is 0 Å². The summed E-state index contributed by atoms with van der Waals surface area (Å²) in [5.41, 5.74) is 0.464. The van der Waals surface area contributed by atoms with Crippen LogP contribution in [0.1, 0.15) is 11.1 Å². The van der Waals surface area contributed by atoms with Crippen molar-refractivity contribution in [3.63, 3.8) is 0 Å². The van der Waals surface area contributed by atoms with Crippen molar-refractivity contribution in [2.75, 3.05) is 7.11 Å². The number of phenolic OH excluding ortho intramolecular Hbond substituents is 3. The van der Waals surface area contributed by atoms with Gasteiger partial charge in [-0.25, -0.2) is 4.39 Å². The summed E-state index contributed by atoms with van der Waals surface area (Å²) in [4.78, 5) is 0. The highest BCUT2D eigenvalue weighted by atomic mass is 19.1. The summed E-state index contributed by atoms with van der Waals surface area (Å²) in [5.74, 6) is -0.776. The number of aromatic hydroxyl groups is 3. The smallest absolute Gasteiger partial charge is 0.163 e. The molecule has 0 spiro atoms. The van der Waals surface area contributed by atoms with E-state index in [1.165, 1.54) is 43.5 Å². The molecule has 2 rings (SSSR count). The molecule has 5 heteroatoms. The van der Waals surface area contributed by atoms with E-state index >= 15 is 0 Å². The van der Waals surface area contributed by atoms with Crippen LogP contribution in [-0.2, 0) is 0 Å². The highest BCUT2D eigenvalue weighted by molar-refractivity contribution is 5.74. The van der Waals surface area contributed by atoms with Gasteiger partial charge in [0.05, 0.1) is 7.11 Å². The molecular formula is C15H13FO4. The Morgan fingerprint density at radius 1 is 0.950 bits per heavy atom.